The van der Waals surface area contributed by atoms with E-state index in [1.807, 2.05) is 4.90 Å². The van der Waals surface area contributed by atoms with Gasteiger partial charge in [0.05, 0.1) is 18.9 Å². The molecule has 1 N–H and O–H groups in total. The molecule has 1 amide bonds. The number of carbonyl (C=O) groups is 1. The molecule has 3 rings (SSSR count). The van der Waals surface area contributed by atoms with E-state index in [9.17, 15) is 4.79 Å². The van der Waals surface area contributed by atoms with Gasteiger partial charge in [0.25, 0.3) is 5.91 Å². The van der Waals surface area contributed by atoms with Gasteiger partial charge < -0.3 is 24.3 Å². The molecular weight excluding hydrogens is 320 g/mol. The van der Waals surface area contributed by atoms with Crippen LogP contribution >= 0.6 is 0 Å². The number of hydrogen-bond acceptors (Lipinski definition) is 4. The van der Waals surface area contributed by atoms with Crippen LogP contribution in [0.2, 0.25) is 0 Å². The van der Waals surface area contributed by atoms with Crippen LogP contribution in [0.1, 0.15) is 36.7 Å². The van der Waals surface area contributed by atoms with Crippen molar-refractivity contribution in [2.45, 2.75) is 32.3 Å². The summed E-state index contributed by atoms with van der Waals surface area (Å²) in [5, 5.41) is 3.36. The number of hydrogen-bond donors (Lipinski definition) is 1. The Balaban J connectivity index is 1.53. The second-order valence-corrected chi connectivity index (χ2v) is 6.44. The van der Waals surface area contributed by atoms with E-state index < -0.39 is 0 Å². The Kier molecular flexibility index (Phi) is 6.33. The Labute approximate surface area is 149 Å². The van der Waals surface area contributed by atoms with Gasteiger partial charge in [-0.2, -0.15) is 0 Å². The number of ether oxygens (including phenoxy) is 1. The molecule has 7 nitrogen and oxygen atoms in total. The van der Waals surface area contributed by atoms with E-state index in [0.717, 1.165) is 45.0 Å². The number of furan rings is 1. The number of aliphatic imine (C=N–C) groups is 1. The number of carbonyl (C=O) groups excluding carboxylic acids is 1. The molecule has 0 spiro atoms. The van der Waals surface area contributed by atoms with Crippen LogP contribution in [0.4, 0.5) is 0 Å². The number of amides is 1. The van der Waals surface area contributed by atoms with Crippen LogP contribution in [0.15, 0.2) is 27.8 Å². The summed E-state index contributed by atoms with van der Waals surface area (Å²) in [5.41, 5.74) is 0. The van der Waals surface area contributed by atoms with Crippen molar-refractivity contribution < 1.29 is 13.9 Å². The fourth-order valence-corrected chi connectivity index (χ4v) is 3.24. The molecule has 0 bridgehead atoms. The summed E-state index contributed by atoms with van der Waals surface area (Å²) < 4.78 is 11.0. The van der Waals surface area contributed by atoms with Crippen LogP contribution in [0, 0.1) is 0 Å². The van der Waals surface area contributed by atoms with Crippen LogP contribution in [0.5, 0.6) is 0 Å². The third-order valence-electron chi connectivity index (χ3n) is 4.65. The molecular formula is C18H28N4O3. The summed E-state index contributed by atoms with van der Waals surface area (Å²) in [5.74, 6) is 1.28. The van der Waals surface area contributed by atoms with E-state index >= 15 is 0 Å². The van der Waals surface area contributed by atoms with Crippen molar-refractivity contribution in [3.63, 3.8) is 0 Å². The first-order chi connectivity index (χ1) is 12.3. The van der Waals surface area contributed by atoms with Crippen molar-refractivity contribution in [1.29, 1.82) is 0 Å². The second-order valence-electron chi connectivity index (χ2n) is 6.44. The molecule has 1 aromatic heterocycles. The molecule has 25 heavy (non-hydrogen) atoms. The van der Waals surface area contributed by atoms with Crippen LogP contribution < -0.4 is 5.32 Å². The van der Waals surface area contributed by atoms with Crippen LogP contribution in [-0.4, -0.2) is 73.6 Å². The Bertz CT molecular complexity index is 559. The molecule has 1 atom stereocenters. The fourth-order valence-electron chi connectivity index (χ4n) is 3.24. The predicted octanol–water partition coefficient (Wildman–Crippen LogP) is 1.57. The first-order valence-corrected chi connectivity index (χ1v) is 9.25. The molecule has 0 aliphatic carbocycles. The highest BCUT2D eigenvalue weighted by Crippen LogP contribution is 2.13. The molecule has 0 aromatic carbocycles. The van der Waals surface area contributed by atoms with Gasteiger partial charge in [-0.1, -0.05) is 0 Å². The van der Waals surface area contributed by atoms with E-state index in [2.05, 4.69) is 17.1 Å². The van der Waals surface area contributed by atoms with E-state index in [-0.39, 0.29) is 12.0 Å². The minimum atomic E-state index is -0.0396. The molecule has 2 fully saturated rings. The first-order valence-electron chi connectivity index (χ1n) is 9.25. The van der Waals surface area contributed by atoms with Gasteiger partial charge in [0.2, 0.25) is 0 Å². The third kappa shape index (κ3) is 4.75. The fraction of sp³-hybridized carbons (Fsp3) is 0.667. The van der Waals surface area contributed by atoms with Crippen molar-refractivity contribution in [3.05, 3.63) is 24.2 Å². The first kappa shape index (κ1) is 17.8. The molecule has 0 saturated carbocycles. The smallest absolute Gasteiger partial charge is 0.289 e. The lowest BCUT2D eigenvalue weighted by molar-refractivity contribution is 0.0222. The molecule has 138 valence electrons. The zero-order chi connectivity index (χ0) is 17.5. The number of nitrogens with one attached hydrogen (secondary N) is 1. The van der Waals surface area contributed by atoms with Crippen molar-refractivity contribution in [2.24, 2.45) is 4.99 Å². The molecule has 2 aliphatic heterocycles. The van der Waals surface area contributed by atoms with Crippen LogP contribution in [-0.2, 0) is 4.74 Å². The monoisotopic (exact) mass is 348 g/mol. The average molecular weight is 348 g/mol. The third-order valence-corrected chi connectivity index (χ3v) is 4.65. The van der Waals surface area contributed by atoms with Crippen molar-refractivity contribution >= 4 is 11.9 Å². The zero-order valence-corrected chi connectivity index (χ0v) is 14.9. The molecule has 0 radical (unpaired) electrons. The Hall–Kier alpha value is -2.02. The van der Waals surface area contributed by atoms with Gasteiger partial charge in [-0.05, 0) is 38.3 Å². The molecule has 1 unspecified atom stereocenters. The summed E-state index contributed by atoms with van der Waals surface area (Å²) in [6.45, 7) is 7.33. The van der Waals surface area contributed by atoms with Gasteiger partial charge in [0.1, 0.15) is 0 Å². The SMILES string of the molecule is CCNC(=NCC1CCCCO1)N1CCN(C(=O)c2ccco2)CC1. The van der Waals surface area contributed by atoms with Gasteiger partial charge in [-0.3, -0.25) is 9.79 Å². The minimum absolute atomic E-state index is 0.0396. The summed E-state index contributed by atoms with van der Waals surface area (Å²) in [7, 11) is 0. The highest BCUT2D eigenvalue weighted by atomic mass is 16.5. The van der Waals surface area contributed by atoms with Crippen LogP contribution in [0.3, 0.4) is 0 Å². The Morgan fingerprint density at radius 1 is 1.28 bits per heavy atom. The van der Waals surface area contributed by atoms with E-state index in [4.69, 9.17) is 14.1 Å². The maximum Gasteiger partial charge on any atom is 0.289 e. The number of guanidine groups is 1. The lowest BCUT2D eigenvalue weighted by Gasteiger charge is -2.36. The molecule has 7 heteroatoms. The van der Waals surface area contributed by atoms with Gasteiger partial charge >= 0.3 is 0 Å². The second kappa shape index (κ2) is 8.89. The van der Waals surface area contributed by atoms with Crippen molar-refractivity contribution in [3.8, 4) is 0 Å². The Morgan fingerprint density at radius 3 is 2.72 bits per heavy atom. The largest absolute Gasteiger partial charge is 0.459 e. The van der Waals surface area contributed by atoms with E-state index in [1.54, 1.807) is 12.1 Å². The van der Waals surface area contributed by atoms with Gasteiger partial charge in [0, 0.05) is 39.3 Å². The average Bonchev–Trinajstić information content (AvgIpc) is 3.20. The topological polar surface area (TPSA) is 70.3 Å². The standard InChI is InChI=1S/C18H28N4O3/c1-2-19-18(20-14-15-6-3-4-12-24-15)22-10-8-21(9-11-22)17(23)16-7-5-13-25-16/h5,7,13,15H,2-4,6,8-12,14H2,1H3,(H,19,20). The highest BCUT2D eigenvalue weighted by Gasteiger charge is 2.25. The van der Waals surface area contributed by atoms with Gasteiger partial charge in [0.15, 0.2) is 11.7 Å². The molecule has 2 aliphatic rings. The zero-order valence-electron chi connectivity index (χ0n) is 14.9. The maximum absolute atomic E-state index is 12.3. The van der Waals surface area contributed by atoms with Crippen molar-refractivity contribution in [1.82, 2.24) is 15.1 Å². The van der Waals surface area contributed by atoms with Crippen LogP contribution in [0.25, 0.3) is 0 Å². The summed E-state index contributed by atoms with van der Waals surface area (Å²) in [4.78, 5) is 21.2. The summed E-state index contributed by atoms with van der Waals surface area (Å²) in [6, 6.07) is 3.46. The number of nitrogens with zero attached hydrogens (tertiary/aromatic N) is 3. The van der Waals surface area contributed by atoms with Gasteiger partial charge in [-0.15, -0.1) is 0 Å². The maximum atomic E-state index is 12.3. The quantitative estimate of drug-likeness (QED) is 0.661. The predicted molar refractivity (Wildman–Crippen MR) is 95.8 cm³/mol. The lowest BCUT2D eigenvalue weighted by atomic mass is 10.1. The minimum Gasteiger partial charge on any atom is -0.459 e. The summed E-state index contributed by atoms with van der Waals surface area (Å²) >= 11 is 0. The van der Waals surface area contributed by atoms with Gasteiger partial charge in [-0.25, -0.2) is 0 Å². The number of rotatable bonds is 4. The summed E-state index contributed by atoms with van der Waals surface area (Å²) in [6.07, 6.45) is 5.25. The van der Waals surface area contributed by atoms with E-state index in [1.165, 1.54) is 12.7 Å². The number of piperazine rings is 1. The van der Waals surface area contributed by atoms with Crippen molar-refractivity contribution in [2.75, 3.05) is 45.9 Å². The molecule has 2 saturated heterocycles. The molecule has 3 heterocycles. The Morgan fingerprint density at radius 2 is 2.08 bits per heavy atom. The van der Waals surface area contributed by atoms with E-state index in [0.29, 0.717) is 25.4 Å². The molecule has 1 aromatic rings. The lowest BCUT2D eigenvalue weighted by Crippen LogP contribution is -2.54. The normalized spacial score (nSPS) is 22.1. The highest BCUT2D eigenvalue weighted by molar-refractivity contribution is 5.91.